The molecule has 1 aliphatic heterocycles. The van der Waals surface area contributed by atoms with Crippen molar-refractivity contribution in [2.75, 3.05) is 27.4 Å². The normalized spacial score (nSPS) is 14.9. The van der Waals surface area contributed by atoms with Crippen molar-refractivity contribution in [3.05, 3.63) is 83.0 Å². The highest BCUT2D eigenvalue weighted by molar-refractivity contribution is 7.07. The number of carbonyl (C=O) groups excluding carboxylic acids is 1. The van der Waals surface area contributed by atoms with Crippen molar-refractivity contribution in [3.8, 4) is 17.2 Å². The predicted octanol–water partition coefficient (Wildman–Crippen LogP) is 4.13. The third kappa shape index (κ3) is 5.25. The van der Waals surface area contributed by atoms with Crippen molar-refractivity contribution < 1.29 is 23.7 Å². The zero-order chi connectivity index (χ0) is 26.7. The lowest BCUT2D eigenvalue weighted by molar-refractivity contribution is -0.136. The number of ether oxygens (including phenoxy) is 4. The Morgan fingerprint density at radius 2 is 1.84 bits per heavy atom. The van der Waals surface area contributed by atoms with Gasteiger partial charge < -0.3 is 18.9 Å². The molecule has 8 nitrogen and oxygen atoms in total. The summed E-state index contributed by atoms with van der Waals surface area (Å²) in [5.74, 6) is 0.854. The molecule has 2 heterocycles. The molecule has 0 bridgehead atoms. The van der Waals surface area contributed by atoms with E-state index in [0.29, 0.717) is 61.0 Å². The molecule has 4 rings (SSSR count). The third-order valence-electron chi connectivity index (χ3n) is 5.54. The number of benzene rings is 2. The van der Waals surface area contributed by atoms with E-state index in [1.54, 1.807) is 36.4 Å². The smallest absolute Gasteiger partial charge is 0.337 e. The van der Waals surface area contributed by atoms with Gasteiger partial charge in [-0.2, -0.15) is 0 Å². The number of fused-ring (bicyclic) bond motifs is 1. The second kappa shape index (κ2) is 11.4. The van der Waals surface area contributed by atoms with Crippen LogP contribution in [0.25, 0.3) is 6.08 Å². The maximum Gasteiger partial charge on any atom is 0.337 e. The van der Waals surface area contributed by atoms with Gasteiger partial charge in [0.1, 0.15) is 5.75 Å². The molecule has 37 heavy (non-hydrogen) atoms. The van der Waals surface area contributed by atoms with E-state index < -0.39 is 12.0 Å². The van der Waals surface area contributed by atoms with E-state index in [1.165, 1.54) is 36.3 Å². The molecule has 1 atom stereocenters. The van der Waals surface area contributed by atoms with Gasteiger partial charge in [0.2, 0.25) is 0 Å². The Bertz CT molecular complexity index is 1560. The summed E-state index contributed by atoms with van der Waals surface area (Å²) < 4.78 is 23.7. The fraction of sp³-hybridized carbons (Fsp3) is 0.269. The van der Waals surface area contributed by atoms with Crippen LogP contribution in [0.15, 0.2) is 51.9 Å². The molecule has 1 aromatic heterocycles. The lowest BCUT2D eigenvalue weighted by Gasteiger charge is -2.23. The van der Waals surface area contributed by atoms with Gasteiger partial charge in [0.05, 0.1) is 48.6 Å². The Morgan fingerprint density at radius 3 is 2.51 bits per heavy atom. The van der Waals surface area contributed by atoms with Crippen LogP contribution in [0.1, 0.15) is 31.0 Å². The summed E-state index contributed by atoms with van der Waals surface area (Å²) in [6.07, 6.45) is 3.07. The molecule has 0 spiro atoms. The quantitative estimate of drug-likeness (QED) is 0.383. The van der Waals surface area contributed by atoms with Gasteiger partial charge in [0.25, 0.3) is 5.56 Å². The molecule has 0 saturated carbocycles. The molecular weight excluding hydrogens is 539 g/mol. The Morgan fingerprint density at radius 1 is 1.11 bits per heavy atom. The van der Waals surface area contributed by atoms with Crippen LogP contribution in [0.3, 0.4) is 0 Å². The van der Waals surface area contributed by atoms with Crippen molar-refractivity contribution in [2.45, 2.75) is 19.9 Å². The minimum atomic E-state index is -0.800. The van der Waals surface area contributed by atoms with Gasteiger partial charge in [0.15, 0.2) is 16.3 Å². The number of nitrogens with zero attached hydrogens (tertiary/aromatic N) is 2. The van der Waals surface area contributed by atoms with Crippen LogP contribution in [0.4, 0.5) is 0 Å². The number of methoxy groups -OCH3 is 2. The zero-order valence-corrected chi connectivity index (χ0v) is 22.9. The number of hydrogen-bond donors (Lipinski definition) is 0. The Kier molecular flexibility index (Phi) is 8.26. The molecule has 194 valence electrons. The SMILES string of the molecule is CCOc1ccc([C@H]2C(C(=O)OC)=CN=c3s/c(=C/c4cc(Cl)cc(Cl)c4OC)c(=O)n32)cc1OCC. The van der Waals surface area contributed by atoms with Crippen LogP contribution < -0.4 is 29.1 Å². The lowest BCUT2D eigenvalue weighted by atomic mass is 9.97. The highest BCUT2D eigenvalue weighted by Gasteiger charge is 2.31. The Labute approximate surface area is 227 Å². The summed E-state index contributed by atoms with van der Waals surface area (Å²) in [6.45, 7) is 4.61. The average molecular weight is 563 g/mol. The number of halogens is 2. The molecule has 0 unspecified atom stereocenters. The maximum atomic E-state index is 13.7. The van der Waals surface area contributed by atoms with Crippen molar-refractivity contribution in [2.24, 2.45) is 4.99 Å². The molecule has 3 aromatic rings. The summed E-state index contributed by atoms with van der Waals surface area (Å²) >= 11 is 13.6. The predicted molar refractivity (Wildman–Crippen MR) is 143 cm³/mol. The molecular formula is C26H24Cl2N2O6S. The van der Waals surface area contributed by atoms with E-state index in [0.717, 1.165) is 0 Å². The van der Waals surface area contributed by atoms with E-state index in [1.807, 2.05) is 13.8 Å². The van der Waals surface area contributed by atoms with Gasteiger partial charge >= 0.3 is 5.97 Å². The minimum Gasteiger partial charge on any atom is -0.495 e. The largest absolute Gasteiger partial charge is 0.495 e. The first kappa shape index (κ1) is 26.8. The molecule has 11 heteroatoms. The molecule has 0 amide bonds. The highest BCUT2D eigenvalue weighted by atomic mass is 35.5. The highest BCUT2D eigenvalue weighted by Crippen LogP contribution is 2.35. The summed E-state index contributed by atoms with van der Waals surface area (Å²) in [5.41, 5.74) is 1.02. The minimum absolute atomic E-state index is 0.205. The van der Waals surface area contributed by atoms with E-state index >= 15 is 0 Å². The van der Waals surface area contributed by atoms with E-state index in [9.17, 15) is 9.59 Å². The molecule has 0 N–H and O–H groups in total. The maximum absolute atomic E-state index is 13.7. The molecule has 2 aromatic carbocycles. The zero-order valence-electron chi connectivity index (χ0n) is 20.5. The summed E-state index contributed by atoms with van der Waals surface area (Å²) in [4.78, 5) is 31.3. The number of hydrogen-bond acceptors (Lipinski definition) is 8. The topological polar surface area (TPSA) is 88.4 Å². The van der Waals surface area contributed by atoms with E-state index in [4.69, 9.17) is 42.1 Å². The number of aromatic nitrogens is 1. The fourth-order valence-electron chi connectivity index (χ4n) is 4.03. The number of carbonyl (C=O) groups is 1. The molecule has 0 aliphatic carbocycles. The second-order valence-electron chi connectivity index (χ2n) is 7.76. The fourth-order valence-corrected chi connectivity index (χ4v) is 5.58. The lowest BCUT2D eigenvalue weighted by Crippen LogP contribution is -2.39. The first-order valence-electron chi connectivity index (χ1n) is 11.3. The third-order valence-corrected chi connectivity index (χ3v) is 7.03. The molecule has 0 fully saturated rings. The second-order valence-corrected chi connectivity index (χ2v) is 9.61. The van der Waals surface area contributed by atoms with Crippen LogP contribution in [0.5, 0.6) is 17.2 Å². The van der Waals surface area contributed by atoms with Crippen LogP contribution >= 0.6 is 34.5 Å². The van der Waals surface area contributed by atoms with Gasteiger partial charge in [-0.25, -0.2) is 9.79 Å². The van der Waals surface area contributed by atoms with Crippen LogP contribution in [-0.2, 0) is 9.53 Å². The standard InChI is InChI=1S/C26H24Cl2N2O6S/c1-5-35-19-8-7-14(10-20(19)36-6-2)22-17(25(32)34-4)13-29-26-30(22)24(31)21(37-26)11-15-9-16(27)12-18(28)23(15)33-3/h7-13,22H,5-6H2,1-4H3/b21-11+/t22-/m0/s1. The van der Waals surface area contributed by atoms with Gasteiger partial charge in [-0.1, -0.05) is 40.6 Å². The van der Waals surface area contributed by atoms with Crippen LogP contribution in [-0.4, -0.2) is 38.0 Å². The number of rotatable bonds is 8. The molecule has 0 saturated heterocycles. The van der Waals surface area contributed by atoms with Crippen molar-refractivity contribution in [1.29, 1.82) is 0 Å². The Balaban J connectivity index is 1.94. The number of thiazole rings is 1. The van der Waals surface area contributed by atoms with Gasteiger partial charge in [0, 0.05) is 16.8 Å². The van der Waals surface area contributed by atoms with Crippen molar-refractivity contribution in [3.63, 3.8) is 0 Å². The average Bonchev–Trinajstić information content (AvgIpc) is 3.19. The van der Waals surface area contributed by atoms with Gasteiger partial charge in [-0.05, 0) is 49.8 Å². The molecule has 0 radical (unpaired) electrons. The van der Waals surface area contributed by atoms with Crippen LogP contribution in [0.2, 0.25) is 10.0 Å². The van der Waals surface area contributed by atoms with Gasteiger partial charge in [-0.15, -0.1) is 0 Å². The summed E-state index contributed by atoms with van der Waals surface area (Å²) in [6, 6.07) is 7.72. The van der Waals surface area contributed by atoms with E-state index in [2.05, 4.69) is 4.99 Å². The first-order valence-corrected chi connectivity index (χ1v) is 12.9. The monoisotopic (exact) mass is 562 g/mol. The Hall–Kier alpha value is -3.27. The first-order chi connectivity index (χ1) is 17.8. The van der Waals surface area contributed by atoms with E-state index in [-0.39, 0.29) is 11.1 Å². The van der Waals surface area contributed by atoms with Crippen molar-refractivity contribution >= 4 is 46.6 Å². The summed E-state index contributed by atoms with van der Waals surface area (Å²) in [5, 5.41) is 0.714. The number of esters is 1. The summed E-state index contributed by atoms with van der Waals surface area (Å²) in [7, 11) is 2.77. The van der Waals surface area contributed by atoms with Crippen LogP contribution in [0, 0.1) is 0 Å². The molecule has 1 aliphatic rings. The van der Waals surface area contributed by atoms with Crippen molar-refractivity contribution in [1.82, 2.24) is 4.57 Å². The van der Waals surface area contributed by atoms with Gasteiger partial charge in [-0.3, -0.25) is 9.36 Å².